The lowest BCUT2D eigenvalue weighted by Crippen LogP contribution is -2.57. The molecule has 10 heteroatoms. The van der Waals surface area contributed by atoms with Crippen molar-refractivity contribution in [2.45, 2.75) is 56.9 Å². The molecule has 0 aromatic heterocycles. The number of nitrogens with one attached hydrogen (secondary N) is 1. The molecule has 2 fully saturated rings. The lowest BCUT2D eigenvalue weighted by atomic mass is 10.0. The van der Waals surface area contributed by atoms with Crippen molar-refractivity contribution < 1.29 is 27.5 Å². The number of amides is 2. The van der Waals surface area contributed by atoms with Crippen LogP contribution in [0.2, 0.25) is 0 Å². The Balaban J connectivity index is 1.41. The van der Waals surface area contributed by atoms with Gasteiger partial charge < -0.3 is 19.3 Å². The topological polar surface area (TPSA) is 105 Å². The smallest absolute Gasteiger partial charge is 0.241 e. The monoisotopic (exact) mass is 493 g/mol. The van der Waals surface area contributed by atoms with Gasteiger partial charge in [0.2, 0.25) is 21.8 Å². The average molecular weight is 494 g/mol. The number of sulfonamides is 1. The highest BCUT2D eigenvalue weighted by Crippen LogP contribution is 2.32. The molecular weight excluding hydrogens is 458 g/mol. The van der Waals surface area contributed by atoms with Crippen LogP contribution in [0.25, 0.3) is 0 Å². The molecule has 1 aliphatic carbocycles. The van der Waals surface area contributed by atoms with E-state index in [0.29, 0.717) is 50.9 Å². The summed E-state index contributed by atoms with van der Waals surface area (Å²) in [6, 6.07) is 3.59. The van der Waals surface area contributed by atoms with Crippen molar-refractivity contribution in [1.29, 1.82) is 0 Å². The second kappa shape index (κ2) is 10.5. The van der Waals surface area contributed by atoms with E-state index in [4.69, 9.17) is 9.47 Å². The quantitative estimate of drug-likeness (QED) is 0.650. The van der Waals surface area contributed by atoms with Crippen LogP contribution in [0.5, 0.6) is 11.5 Å². The zero-order valence-electron chi connectivity index (χ0n) is 20.0. The minimum atomic E-state index is -3.97. The summed E-state index contributed by atoms with van der Waals surface area (Å²) in [5, 5.41) is 0. The van der Waals surface area contributed by atoms with E-state index in [1.807, 2.05) is 18.7 Å². The molecule has 4 rings (SSSR count). The summed E-state index contributed by atoms with van der Waals surface area (Å²) in [6.07, 6.45) is 4.84. The minimum Gasteiger partial charge on any atom is -0.490 e. The van der Waals surface area contributed by atoms with Crippen LogP contribution in [0.3, 0.4) is 0 Å². The molecule has 188 valence electrons. The first-order chi connectivity index (χ1) is 16.3. The van der Waals surface area contributed by atoms with Gasteiger partial charge in [-0.1, -0.05) is 26.7 Å². The molecule has 34 heavy (non-hydrogen) atoms. The Kier molecular flexibility index (Phi) is 7.67. The van der Waals surface area contributed by atoms with Gasteiger partial charge in [-0.15, -0.1) is 0 Å². The maximum Gasteiger partial charge on any atom is 0.241 e. The fourth-order valence-corrected chi connectivity index (χ4v) is 6.15. The van der Waals surface area contributed by atoms with Crippen LogP contribution >= 0.6 is 0 Å². The molecule has 1 aromatic carbocycles. The Labute approximate surface area is 201 Å². The van der Waals surface area contributed by atoms with E-state index >= 15 is 0 Å². The molecule has 1 atom stereocenters. The third kappa shape index (κ3) is 5.49. The summed E-state index contributed by atoms with van der Waals surface area (Å²) in [6.45, 7) is 6.39. The summed E-state index contributed by atoms with van der Waals surface area (Å²) in [4.78, 5) is 29.6. The summed E-state index contributed by atoms with van der Waals surface area (Å²) in [5.41, 5.74) is 0. The molecule has 9 nitrogen and oxygen atoms in total. The molecule has 1 N–H and O–H groups in total. The largest absolute Gasteiger partial charge is 0.490 e. The van der Waals surface area contributed by atoms with Crippen LogP contribution in [0.1, 0.15) is 46.0 Å². The van der Waals surface area contributed by atoms with Crippen molar-refractivity contribution in [2.24, 2.45) is 11.8 Å². The van der Waals surface area contributed by atoms with Gasteiger partial charge in [-0.05, 0) is 30.9 Å². The van der Waals surface area contributed by atoms with Gasteiger partial charge in [-0.2, -0.15) is 4.72 Å². The van der Waals surface area contributed by atoms with E-state index in [-0.39, 0.29) is 28.5 Å². The SMILES string of the molecule is CC(C)C(NS(=O)(=O)c1ccc2c(c1)OCCCO2)C(=O)N1CCN(C(=O)C2CCCC2)CC1. The van der Waals surface area contributed by atoms with Crippen molar-refractivity contribution in [2.75, 3.05) is 39.4 Å². The number of hydrogen-bond acceptors (Lipinski definition) is 6. The van der Waals surface area contributed by atoms with E-state index in [2.05, 4.69) is 4.72 Å². The molecule has 1 saturated carbocycles. The number of fused-ring (bicyclic) bond motifs is 1. The van der Waals surface area contributed by atoms with Gasteiger partial charge in [0.15, 0.2) is 11.5 Å². The van der Waals surface area contributed by atoms with Crippen LogP contribution in [-0.2, 0) is 19.6 Å². The van der Waals surface area contributed by atoms with Crippen molar-refractivity contribution in [1.82, 2.24) is 14.5 Å². The molecule has 2 heterocycles. The van der Waals surface area contributed by atoms with Crippen LogP contribution in [0, 0.1) is 11.8 Å². The Hall–Kier alpha value is -2.33. The summed E-state index contributed by atoms with van der Waals surface area (Å²) >= 11 is 0. The second-order valence-electron chi connectivity index (χ2n) is 9.63. The van der Waals surface area contributed by atoms with Crippen LogP contribution < -0.4 is 14.2 Å². The number of carbonyl (C=O) groups is 2. The van der Waals surface area contributed by atoms with Gasteiger partial charge in [-0.3, -0.25) is 9.59 Å². The fraction of sp³-hybridized carbons (Fsp3) is 0.667. The molecule has 0 radical (unpaired) electrons. The number of ether oxygens (including phenoxy) is 2. The minimum absolute atomic E-state index is 0.0298. The third-order valence-corrected chi connectivity index (χ3v) is 8.29. The molecule has 2 amide bonds. The molecule has 1 aromatic rings. The van der Waals surface area contributed by atoms with E-state index in [0.717, 1.165) is 32.1 Å². The Morgan fingerprint density at radius 1 is 0.941 bits per heavy atom. The van der Waals surface area contributed by atoms with E-state index < -0.39 is 16.1 Å². The van der Waals surface area contributed by atoms with Crippen molar-refractivity contribution >= 4 is 21.8 Å². The zero-order chi connectivity index (χ0) is 24.3. The van der Waals surface area contributed by atoms with Crippen molar-refractivity contribution in [3.63, 3.8) is 0 Å². The highest BCUT2D eigenvalue weighted by Gasteiger charge is 2.35. The first-order valence-corrected chi connectivity index (χ1v) is 13.7. The number of rotatable bonds is 6. The first-order valence-electron chi connectivity index (χ1n) is 12.3. The summed E-state index contributed by atoms with van der Waals surface area (Å²) in [7, 11) is -3.97. The van der Waals surface area contributed by atoms with Gasteiger partial charge in [0, 0.05) is 44.6 Å². The van der Waals surface area contributed by atoms with Gasteiger partial charge >= 0.3 is 0 Å². The zero-order valence-corrected chi connectivity index (χ0v) is 20.8. The van der Waals surface area contributed by atoms with E-state index in [1.165, 1.54) is 12.1 Å². The van der Waals surface area contributed by atoms with Crippen molar-refractivity contribution in [3.8, 4) is 11.5 Å². The Bertz CT molecular complexity index is 998. The Morgan fingerprint density at radius 2 is 1.56 bits per heavy atom. The maximum atomic E-state index is 13.3. The summed E-state index contributed by atoms with van der Waals surface area (Å²) in [5.74, 6) is 0.698. The van der Waals surface area contributed by atoms with E-state index in [9.17, 15) is 18.0 Å². The molecule has 3 aliphatic rings. The third-order valence-electron chi connectivity index (χ3n) is 6.85. The highest BCUT2D eigenvalue weighted by molar-refractivity contribution is 7.89. The van der Waals surface area contributed by atoms with Gasteiger partial charge in [0.05, 0.1) is 18.1 Å². The molecule has 2 aliphatic heterocycles. The standard InChI is InChI=1S/C24H35N3O6S/c1-17(2)22(24(29)27-12-10-26(11-13-27)23(28)18-6-3-4-7-18)25-34(30,31)19-8-9-20-21(16-19)33-15-5-14-32-20/h8-9,16-18,22,25H,3-7,10-15H2,1-2H3. The van der Waals surface area contributed by atoms with Gasteiger partial charge in [0.1, 0.15) is 6.04 Å². The molecule has 1 saturated heterocycles. The van der Waals surface area contributed by atoms with Crippen LogP contribution in [0.4, 0.5) is 0 Å². The van der Waals surface area contributed by atoms with Gasteiger partial charge in [-0.25, -0.2) is 8.42 Å². The molecule has 0 bridgehead atoms. The number of piperazine rings is 1. The first kappa shape index (κ1) is 24.8. The summed E-state index contributed by atoms with van der Waals surface area (Å²) < 4.78 is 40.1. The van der Waals surface area contributed by atoms with Gasteiger partial charge in [0.25, 0.3) is 0 Å². The van der Waals surface area contributed by atoms with Crippen LogP contribution in [0.15, 0.2) is 23.1 Å². The maximum absolute atomic E-state index is 13.3. The lowest BCUT2D eigenvalue weighted by Gasteiger charge is -2.38. The van der Waals surface area contributed by atoms with Crippen molar-refractivity contribution in [3.05, 3.63) is 18.2 Å². The normalized spacial score (nSPS) is 20.3. The number of nitrogens with zero attached hydrogens (tertiary/aromatic N) is 2. The highest BCUT2D eigenvalue weighted by atomic mass is 32.2. The fourth-order valence-electron chi connectivity index (χ4n) is 4.79. The van der Waals surface area contributed by atoms with E-state index in [1.54, 1.807) is 11.0 Å². The number of hydrogen-bond donors (Lipinski definition) is 1. The number of benzene rings is 1. The average Bonchev–Trinajstić information content (AvgIpc) is 3.27. The predicted octanol–water partition coefficient (Wildman–Crippen LogP) is 2.01. The molecule has 0 spiro atoms. The molecular formula is C24H35N3O6S. The number of carbonyl (C=O) groups excluding carboxylic acids is 2. The lowest BCUT2D eigenvalue weighted by molar-refractivity contribution is -0.143. The Morgan fingerprint density at radius 3 is 2.21 bits per heavy atom. The van der Waals surface area contributed by atoms with Crippen LogP contribution in [-0.4, -0.2) is 75.5 Å². The molecule has 1 unspecified atom stereocenters. The second-order valence-corrected chi connectivity index (χ2v) is 11.3. The predicted molar refractivity (Wildman–Crippen MR) is 126 cm³/mol.